The van der Waals surface area contributed by atoms with Crippen LogP contribution in [0.2, 0.25) is 0 Å². The summed E-state index contributed by atoms with van der Waals surface area (Å²) in [7, 11) is 3.81. The maximum absolute atomic E-state index is 9.11. The maximum atomic E-state index is 9.11. The summed E-state index contributed by atoms with van der Waals surface area (Å²) in [5.74, 6) is 0.847. The van der Waals surface area contributed by atoms with Gasteiger partial charge in [-0.05, 0) is 24.3 Å². The zero-order valence-corrected chi connectivity index (χ0v) is 11.1. The minimum absolute atomic E-state index is 0.661. The molecule has 0 saturated heterocycles. The van der Waals surface area contributed by atoms with E-state index in [1.807, 2.05) is 61.5 Å². The van der Waals surface area contributed by atoms with Gasteiger partial charge in [-0.15, -0.1) is 0 Å². The fraction of sp³-hybridized carbons (Fsp3) is 0.200. The molecule has 0 aliphatic rings. The molecule has 0 aliphatic carbocycles. The second-order valence-corrected chi connectivity index (χ2v) is 4.25. The molecule has 0 spiro atoms. The Labute approximate surface area is 113 Å². The Kier molecular flexibility index (Phi) is 3.99. The van der Waals surface area contributed by atoms with Gasteiger partial charge in [0.05, 0.1) is 23.5 Å². The van der Waals surface area contributed by atoms with E-state index in [1.165, 1.54) is 0 Å². The van der Waals surface area contributed by atoms with E-state index < -0.39 is 0 Å². The Morgan fingerprint density at radius 1 is 1.21 bits per heavy atom. The third-order valence-electron chi connectivity index (χ3n) is 2.90. The average molecular weight is 252 g/mol. The largest absolute Gasteiger partial charge is 0.373 e. The van der Waals surface area contributed by atoms with Crippen molar-refractivity contribution in [3.05, 3.63) is 53.7 Å². The van der Waals surface area contributed by atoms with Gasteiger partial charge >= 0.3 is 0 Å². The molecule has 0 bridgehead atoms. The molecule has 0 aliphatic heterocycles. The quantitative estimate of drug-likeness (QED) is 0.908. The van der Waals surface area contributed by atoms with Crippen molar-refractivity contribution in [1.82, 2.24) is 4.98 Å². The third kappa shape index (κ3) is 3.02. The topological polar surface area (TPSA) is 52.0 Å². The monoisotopic (exact) mass is 252 g/mol. The van der Waals surface area contributed by atoms with Crippen molar-refractivity contribution in [2.45, 2.75) is 6.54 Å². The Hall–Kier alpha value is -2.54. The lowest BCUT2D eigenvalue weighted by molar-refractivity contribution is 0.884. The lowest BCUT2D eigenvalue weighted by atomic mass is 10.2. The number of hydrogen-bond donors (Lipinski definition) is 1. The minimum Gasteiger partial charge on any atom is -0.373 e. The summed E-state index contributed by atoms with van der Waals surface area (Å²) < 4.78 is 0. The molecule has 2 rings (SSSR count). The highest BCUT2D eigenvalue weighted by Gasteiger charge is 2.07. The van der Waals surface area contributed by atoms with Gasteiger partial charge in [0.15, 0.2) is 0 Å². The molecule has 0 fully saturated rings. The first-order valence-corrected chi connectivity index (χ1v) is 6.08. The van der Waals surface area contributed by atoms with Crippen LogP contribution < -0.4 is 10.2 Å². The Bertz CT molecular complexity index is 601. The highest BCUT2D eigenvalue weighted by Crippen LogP contribution is 2.19. The van der Waals surface area contributed by atoms with Crippen LogP contribution in [0.25, 0.3) is 0 Å². The third-order valence-corrected chi connectivity index (χ3v) is 2.90. The molecule has 1 N–H and O–H groups in total. The highest BCUT2D eigenvalue weighted by atomic mass is 15.1. The van der Waals surface area contributed by atoms with Gasteiger partial charge in [-0.1, -0.05) is 18.2 Å². The SMILES string of the molecule is CNc1cccc(CN(C)c2ccccc2C#N)n1. The zero-order chi connectivity index (χ0) is 13.7. The molecule has 0 saturated carbocycles. The van der Waals surface area contributed by atoms with Gasteiger partial charge in [0.2, 0.25) is 0 Å². The molecule has 19 heavy (non-hydrogen) atoms. The number of nitrogens with one attached hydrogen (secondary N) is 1. The van der Waals surface area contributed by atoms with Crippen LogP contribution in [0.1, 0.15) is 11.3 Å². The van der Waals surface area contributed by atoms with Crippen LogP contribution in [0.4, 0.5) is 11.5 Å². The minimum atomic E-state index is 0.661. The van der Waals surface area contributed by atoms with Gasteiger partial charge in [0, 0.05) is 14.1 Å². The molecule has 4 nitrogen and oxygen atoms in total. The van der Waals surface area contributed by atoms with Crippen molar-refractivity contribution >= 4 is 11.5 Å². The van der Waals surface area contributed by atoms with Crippen molar-refractivity contribution in [2.24, 2.45) is 0 Å². The normalized spacial score (nSPS) is 9.74. The van der Waals surface area contributed by atoms with Gasteiger partial charge in [-0.25, -0.2) is 4.98 Å². The first-order chi connectivity index (χ1) is 9.24. The van der Waals surface area contributed by atoms with E-state index in [-0.39, 0.29) is 0 Å². The van der Waals surface area contributed by atoms with Crippen molar-refractivity contribution < 1.29 is 0 Å². The summed E-state index contributed by atoms with van der Waals surface area (Å²) >= 11 is 0. The molecule has 4 heteroatoms. The molecule has 2 aromatic rings. The molecule has 0 amide bonds. The number of anilines is 2. The summed E-state index contributed by atoms with van der Waals surface area (Å²) in [4.78, 5) is 6.50. The van der Waals surface area contributed by atoms with Crippen LogP contribution in [0, 0.1) is 11.3 Å². The number of nitrogens with zero attached hydrogens (tertiary/aromatic N) is 3. The second-order valence-electron chi connectivity index (χ2n) is 4.25. The Morgan fingerprint density at radius 2 is 2.00 bits per heavy atom. The van der Waals surface area contributed by atoms with Crippen molar-refractivity contribution in [1.29, 1.82) is 5.26 Å². The van der Waals surface area contributed by atoms with Gasteiger partial charge < -0.3 is 10.2 Å². The van der Waals surface area contributed by atoms with Crippen LogP contribution in [0.3, 0.4) is 0 Å². The fourth-order valence-electron chi connectivity index (χ4n) is 1.94. The number of para-hydroxylation sites is 1. The van der Waals surface area contributed by atoms with Crippen LogP contribution in [-0.2, 0) is 6.54 Å². The van der Waals surface area contributed by atoms with E-state index in [4.69, 9.17) is 5.26 Å². The van der Waals surface area contributed by atoms with Crippen molar-refractivity contribution in [3.63, 3.8) is 0 Å². The van der Waals surface area contributed by atoms with E-state index in [1.54, 1.807) is 0 Å². The Balaban J connectivity index is 2.21. The average Bonchev–Trinajstić information content (AvgIpc) is 2.47. The molecule has 1 aromatic heterocycles. The summed E-state index contributed by atoms with van der Waals surface area (Å²) in [6.45, 7) is 0.661. The molecule has 96 valence electrons. The highest BCUT2D eigenvalue weighted by molar-refractivity contribution is 5.58. The second kappa shape index (κ2) is 5.87. The lowest BCUT2D eigenvalue weighted by Crippen LogP contribution is -2.18. The predicted molar refractivity (Wildman–Crippen MR) is 77.0 cm³/mol. The molecule has 1 heterocycles. The van der Waals surface area contributed by atoms with E-state index in [0.29, 0.717) is 12.1 Å². The van der Waals surface area contributed by atoms with Gasteiger partial charge in [0.25, 0.3) is 0 Å². The molecule has 1 aromatic carbocycles. The van der Waals surface area contributed by atoms with Crippen LogP contribution in [-0.4, -0.2) is 19.1 Å². The molecule has 0 atom stereocenters. The number of nitriles is 1. The summed E-state index contributed by atoms with van der Waals surface area (Å²) in [5, 5.41) is 12.1. The van der Waals surface area contributed by atoms with E-state index in [0.717, 1.165) is 17.2 Å². The summed E-state index contributed by atoms with van der Waals surface area (Å²) in [6, 6.07) is 15.7. The van der Waals surface area contributed by atoms with E-state index in [9.17, 15) is 0 Å². The van der Waals surface area contributed by atoms with Crippen molar-refractivity contribution in [2.75, 3.05) is 24.3 Å². The number of aromatic nitrogens is 1. The molecular weight excluding hydrogens is 236 g/mol. The molecular formula is C15H16N4. The molecule has 0 unspecified atom stereocenters. The predicted octanol–water partition coefficient (Wildman–Crippen LogP) is 2.63. The first-order valence-electron chi connectivity index (χ1n) is 6.08. The standard InChI is InChI=1S/C15H16N4/c1-17-15-9-5-7-13(18-15)11-19(2)14-8-4-3-6-12(14)10-16/h3-9H,11H2,1-2H3,(H,17,18). The first kappa shape index (κ1) is 12.9. The van der Waals surface area contributed by atoms with E-state index in [2.05, 4.69) is 16.4 Å². The van der Waals surface area contributed by atoms with Crippen molar-refractivity contribution in [3.8, 4) is 6.07 Å². The van der Waals surface area contributed by atoms with Crippen LogP contribution >= 0.6 is 0 Å². The summed E-state index contributed by atoms with van der Waals surface area (Å²) in [6.07, 6.45) is 0. The van der Waals surface area contributed by atoms with Gasteiger partial charge in [-0.3, -0.25) is 0 Å². The van der Waals surface area contributed by atoms with Crippen LogP contribution in [0.5, 0.6) is 0 Å². The number of rotatable bonds is 4. The molecule has 0 radical (unpaired) electrons. The van der Waals surface area contributed by atoms with Crippen LogP contribution in [0.15, 0.2) is 42.5 Å². The zero-order valence-electron chi connectivity index (χ0n) is 11.1. The number of hydrogen-bond acceptors (Lipinski definition) is 4. The number of benzene rings is 1. The lowest BCUT2D eigenvalue weighted by Gasteiger charge is -2.20. The Morgan fingerprint density at radius 3 is 2.74 bits per heavy atom. The summed E-state index contributed by atoms with van der Waals surface area (Å²) in [5.41, 5.74) is 2.55. The smallest absolute Gasteiger partial charge is 0.126 e. The van der Waals surface area contributed by atoms with Gasteiger partial charge in [0.1, 0.15) is 11.9 Å². The maximum Gasteiger partial charge on any atom is 0.126 e. The van der Waals surface area contributed by atoms with E-state index >= 15 is 0 Å². The van der Waals surface area contributed by atoms with Gasteiger partial charge in [-0.2, -0.15) is 5.26 Å². The fourth-order valence-corrected chi connectivity index (χ4v) is 1.94. The number of pyridine rings is 1.